The van der Waals surface area contributed by atoms with Gasteiger partial charge in [0, 0.05) is 6.42 Å². The van der Waals surface area contributed by atoms with Gasteiger partial charge in [0.15, 0.2) is 0 Å². The molecule has 0 heterocycles. The summed E-state index contributed by atoms with van der Waals surface area (Å²) in [5.41, 5.74) is 0.384. The molecule has 1 aliphatic carbocycles. The van der Waals surface area contributed by atoms with Gasteiger partial charge < -0.3 is 5.11 Å². The molecular formula is C11H12O2. The zero-order chi connectivity index (χ0) is 9.31. The van der Waals surface area contributed by atoms with E-state index < -0.39 is 5.41 Å². The molecule has 0 amide bonds. The molecule has 1 atom stereocenters. The zero-order valence-electron chi connectivity index (χ0n) is 7.36. The summed E-state index contributed by atoms with van der Waals surface area (Å²) in [6, 6.07) is 9.54. The van der Waals surface area contributed by atoms with Gasteiger partial charge in [0.2, 0.25) is 0 Å². The summed E-state index contributed by atoms with van der Waals surface area (Å²) in [4.78, 5) is 11.4. The maximum absolute atomic E-state index is 11.4. The predicted molar refractivity (Wildman–Crippen MR) is 49.4 cm³/mol. The highest BCUT2D eigenvalue weighted by Gasteiger charge is 2.46. The molecule has 0 aliphatic heterocycles. The van der Waals surface area contributed by atoms with Gasteiger partial charge >= 0.3 is 0 Å². The molecule has 2 rings (SSSR count). The van der Waals surface area contributed by atoms with Gasteiger partial charge in [-0.25, -0.2) is 0 Å². The fourth-order valence-corrected chi connectivity index (χ4v) is 1.85. The van der Waals surface area contributed by atoms with Crippen molar-refractivity contribution in [3.8, 4) is 0 Å². The summed E-state index contributed by atoms with van der Waals surface area (Å²) in [5.74, 6) is 0.168. The van der Waals surface area contributed by atoms with E-state index in [1.165, 1.54) is 0 Å². The lowest BCUT2D eigenvalue weighted by atomic mass is 9.64. The molecule has 0 spiro atoms. The number of ketones is 1. The second-order valence-electron chi connectivity index (χ2n) is 3.53. The minimum absolute atomic E-state index is 0.0597. The third-order valence-electron chi connectivity index (χ3n) is 2.91. The van der Waals surface area contributed by atoms with E-state index in [0.29, 0.717) is 6.42 Å². The molecular weight excluding hydrogens is 164 g/mol. The van der Waals surface area contributed by atoms with Crippen molar-refractivity contribution in [1.82, 2.24) is 0 Å². The molecule has 68 valence electrons. The fraction of sp³-hybridized carbons (Fsp3) is 0.364. The first-order valence-corrected chi connectivity index (χ1v) is 4.49. The largest absolute Gasteiger partial charge is 0.395 e. The van der Waals surface area contributed by atoms with Crippen LogP contribution in [0.3, 0.4) is 0 Å². The summed E-state index contributed by atoms with van der Waals surface area (Å²) < 4.78 is 0. The van der Waals surface area contributed by atoms with Crippen LogP contribution in [0.4, 0.5) is 0 Å². The van der Waals surface area contributed by atoms with Gasteiger partial charge in [-0.2, -0.15) is 0 Å². The molecule has 2 heteroatoms. The van der Waals surface area contributed by atoms with E-state index in [1.54, 1.807) is 0 Å². The van der Waals surface area contributed by atoms with Crippen LogP contribution in [-0.4, -0.2) is 17.5 Å². The van der Waals surface area contributed by atoms with Crippen LogP contribution in [0, 0.1) is 0 Å². The smallest absolute Gasteiger partial charge is 0.145 e. The van der Waals surface area contributed by atoms with Gasteiger partial charge in [-0.1, -0.05) is 30.3 Å². The lowest BCUT2D eigenvalue weighted by Crippen LogP contribution is -2.47. The molecule has 2 nitrogen and oxygen atoms in total. The Balaban J connectivity index is 2.38. The third kappa shape index (κ3) is 1.10. The highest BCUT2D eigenvalue weighted by Crippen LogP contribution is 2.39. The summed E-state index contributed by atoms with van der Waals surface area (Å²) in [7, 11) is 0. The molecule has 0 radical (unpaired) electrons. The van der Waals surface area contributed by atoms with Crippen LogP contribution < -0.4 is 0 Å². The second kappa shape index (κ2) is 2.96. The van der Waals surface area contributed by atoms with Gasteiger partial charge in [0.05, 0.1) is 12.0 Å². The van der Waals surface area contributed by atoms with Crippen LogP contribution in [-0.2, 0) is 10.2 Å². The number of rotatable bonds is 2. The Morgan fingerprint density at radius 2 is 2.00 bits per heavy atom. The first kappa shape index (κ1) is 8.45. The van der Waals surface area contributed by atoms with E-state index in [0.717, 1.165) is 12.0 Å². The predicted octanol–water partition coefficient (Wildman–Crippen LogP) is 1.28. The number of carbonyl (C=O) groups excluding carboxylic acids is 1. The maximum Gasteiger partial charge on any atom is 0.145 e. The molecule has 13 heavy (non-hydrogen) atoms. The molecule has 1 aromatic rings. The first-order valence-electron chi connectivity index (χ1n) is 4.49. The Kier molecular flexibility index (Phi) is 1.93. The molecule has 1 saturated carbocycles. The number of Topliss-reactive ketones (excluding diaryl/α,β-unsaturated/α-hetero) is 1. The fourth-order valence-electron chi connectivity index (χ4n) is 1.85. The summed E-state index contributed by atoms with van der Waals surface area (Å²) >= 11 is 0. The van der Waals surface area contributed by atoms with Gasteiger partial charge in [0.25, 0.3) is 0 Å². The van der Waals surface area contributed by atoms with Gasteiger partial charge in [-0.05, 0) is 12.0 Å². The van der Waals surface area contributed by atoms with Crippen molar-refractivity contribution in [2.75, 3.05) is 6.61 Å². The molecule has 1 aliphatic rings. The average molecular weight is 176 g/mol. The van der Waals surface area contributed by atoms with Crippen molar-refractivity contribution < 1.29 is 9.90 Å². The topological polar surface area (TPSA) is 37.3 Å². The highest BCUT2D eigenvalue weighted by atomic mass is 16.3. The normalized spacial score (nSPS) is 27.0. The van der Waals surface area contributed by atoms with Crippen molar-refractivity contribution in [3.05, 3.63) is 35.9 Å². The molecule has 0 saturated heterocycles. The monoisotopic (exact) mass is 176 g/mol. The summed E-state index contributed by atoms with van der Waals surface area (Å²) in [6.45, 7) is -0.0597. The molecule has 1 fully saturated rings. The van der Waals surface area contributed by atoms with Crippen LogP contribution >= 0.6 is 0 Å². The van der Waals surface area contributed by atoms with Crippen LogP contribution in [0.1, 0.15) is 18.4 Å². The van der Waals surface area contributed by atoms with Crippen molar-refractivity contribution in [1.29, 1.82) is 0 Å². The van der Waals surface area contributed by atoms with E-state index in [4.69, 9.17) is 0 Å². The molecule has 1 aromatic carbocycles. The number of hydrogen-bond donors (Lipinski definition) is 1. The van der Waals surface area contributed by atoms with Crippen molar-refractivity contribution in [2.45, 2.75) is 18.3 Å². The van der Waals surface area contributed by atoms with Crippen molar-refractivity contribution in [2.24, 2.45) is 0 Å². The Morgan fingerprint density at radius 1 is 1.31 bits per heavy atom. The number of aliphatic hydroxyl groups is 1. The number of aliphatic hydroxyl groups excluding tert-OH is 1. The lowest BCUT2D eigenvalue weighted by Gasteiger charge is -2.38. The van der Waals surface area contributed by atoms with Gasteiger partial charge in [-0.15, -0.1) is 0 Å². The molecule has 0 unspecified atom stereocenters. The van der Waals surface area contributed by atoms with Crippen LogP contribution in [0.15, 0.2) is 30.3 Å². The Morgan fingerprint density at radius 3 is 2.38 bits per heavy atom. The minimum atomic E-state index is -0.568. The summed E-state index contributed by atoms with van der Waals surface area (Å²) in [6.07, 6.45) is 1.39. The van der Waals surface area contributed by atoms with Crippen LogP contribution in [0.2, 0.25) is 0 Å². The Labute approximate surface area is 77.2 Å². The standard InChI is InChI=1S/C11H12O2/c12-8-11(7-6-10(11)13)9-4-2-1-3-5-9/h1-5,12H,6-8H2/t11-/m0/s1. The SMILES string of the molecule is O=C1CC[C@]1(CO)c1ccccc1. The van der Waals surface area contributed by atoms with Crippen LogP contribution in [0.5, 0.6) is 0 Å². The molecule has 1 N–H and O–H groups in total. The Bertz CT molecular complexity index is 314. The zero-order valence-corrected chi connectivity index (χ0v) is 7.36. The van der Waals surface area contributed by atoms with E-state index in [2.05, 4.69) is 0 Å². The minimum Gasteiger partial charge on any atom is -0.395 e. The van der Waals surface area contributed by atoms with Crippen molar-refractivity contribution in [3.63, 3.8) is 0 Å². The molecule has 0 aromatic heterocycles. The number of carbonyl (C=O) groups is 1. The van der Waals surface area contributed by atoms with E-state index in [-0.39, 0.29) is 12.4 Å². The molecule has 0 bridgehead atoms. The quantitative estimate of drug-likeness (QED) is 0.737. The average Bonchev–Trinajstić information content (AvgIpc) is 2.19. The second-order valence-corrected chi connectivity index (χ2v) is 3.53. The first-order chi connectivity index (χ1) is 6.29. The number of hydrogen-bond acceptors (Lipinski definition) is 2. The lowest BCUT2D eigenvalue weighted by molar-refractivity contribution is -0.134. The Hall–Kier alpha value is -1.15. The van der Waals surface area contributed by atoms with Crippen molar-refractivity contribution >= 4 is 5.78 Å². The summed E-state index contributed by atoms with van der Waals surface area (Å²) in [5, 5.41) is 9.24. The van der Waals surface area contributed by atoms with E-state index in [9.17, 15) is 9.90 Å². The third-order valence-corrected chi connectivity index (χ3v) is 2.91. The van der Waals surface area contributed by atoms with E-state index >= 15 is 0 Å². The van der Waals surface area contributed by atoms with Crippen LogP contribution in [0.25, 0.3) is 0 Å². The highest BCUT2D eigenvalue weighted by molar-refractivity contribution is 5.95. The maximum atomic E-state index is 11.4. The number of benzene rings is 1. The van der Waals surface area contributed by atoms with Gasteiger partial charge in [0.1, 0.15) is 5.78 Å². The van der Waals surface area contributed by atoms with Gasteiger partial charge in [-0.3, -0.25) is 4.79 Å². The van der Waals surface area contributed by atoms with E-state index in [1.807, 2.05) is 30.3 Å².